The molecule has 0 aliphatic rings. The Kier molecular flexibility index (Phi) is 4.49. The molecule has 0 spiro atoms. The van der Waals surface area contributed by atoms with Gasteiger partial charge in [0.05, 0.1) is 32.0 Å². The number of halogens is 1. The maximum atomic E-state index is 6.04. The van der Waals surface area contributed by atoms with Crippen molar-refractivity contribution in [3.05, 3.63) is 17.2 Å². The topological polar surface area (TPSA) is 104 Å². The first kappa shape index (κ1) is 14.9. The molecule has 0 atom stereocenters. The zero-order valence-corrected chi connectivity index (χ0v) is 12.4. The van der Waals surface area contributed by atoms with Crippen molar-refractivity contribution in [3.63, 3.8) is 0 Å². The Bertz CT molecular complexity index is 653. The molecule has 0 amide bonds. The molecule has 1 heterocycles. The number of hydrogen-bond donors (Lipinski definition) is 2. The Morgan fingerprint density at radius 2 is 1.71 bits per heavy atom. The third-order valence-corrected chi connectivity index (χ3v) is 2.83. The number of anilines is 3. The van der Waals surface area contributed by atoms with E-state index in [9.17, 15) is 0 Å². The molecule has 8 nitrogen and oxygen atoms in total. The van der Waals surface area contributed by atoms with Crippen molar-refractivity contribution in [2.75, 3.05) is 32.4 Å². The van der Waals surface area contributed by atoms with Crippen LogP contribution in [-0.2, 0) is 0 Å². The van der Waals surface area contributed by atoms with Crippen LogP contribution in [0.4, 0.5) is 17.6 Å². The van der Waals surface area contributed by atoms with Gasteiger partial charge in [0.2, 0.25) is 11.9 Å². The minimum atomic E-state index is 0.0317. The van der Waals surface area contributed by atoms with Crippen molar-refractivity contribution >= 4 is 29.2 Å². The molecule has 2 aromatic rings. The number of rotatable bonds is 5. The van der Waals surface area contributed by atoms with E-state index in [1.165, 1.54) is 21.3 Å². The van der Waals surface area contributed by atoms with Gasteiger partial charge in [0.15, 0.2) is 0 Å². The SMILES string of the molecule is COc1nc(N)nc(Nc2cc(OC)c(Cl)cc2OC)n1. The Balaban J connectivity index is 2.40. The standard InChI is InChI=1S/C12H14ClN5O3/c1-19-8-5-7(9(20-2)4-6(8)13)15-11-16-10(14)17-12(18-11)21-3/h4-5H,1-3H3,(H3,14,15,16,17,18). The van der Waals surface area contributed by atoms with Crippen LogP contribution in [0, 0.1) is 0 Å². The summed E-state index contributed by atoms with van der Waals surface area (Å²) < 4.78 is 15.3. The Morgan fingerprint density at radius 3 is 2.33 bits per heavy atom. The molecule has 3 N–H and O–H groups in total. The summed E-state index contributed by atoms with van der Waals surface area (Å²) in [6.45, 7) is 0. The number of nitrogens with zero attached hydrogens (tertiary/aromatic N) is 3. The molecule has 9 heteroatoms. The second kappa shape index (κ2) is 6.31. The predicted octanol–water partition coefficient (Wildman–Crippen LogP) is 1.88. The molecule has 21 heavy (non-hydrogen) atoms. The molecule has 0 saturated carbocycles. The Hall–Kier alpha value is -2.48. The monoisotopic (exact) mass is 311 g/mol. The molecule has 0 radical (unpaired) electrons. The van der Waals surface area contributed by atoms with E-state index in [0.29, 0.717) is 22.2 Å². The van der Waals surface area contributed by atoms with E-state index in [1.807, 2.05) is 0 Å². The largest absolute Gasteiger partial charge is 0.495 e. The first-order chi connectivity index (χ1) is 10.1. The molecular weight excluding hydrogens is 298 g/mol. The number of benzene rings is 1. The molecule has 0 aliphatic carbocycles. The number of methoxy groups -OCH3 is 3. The van der Waals surface area contributed by atoms with Gasteiger partial charge >= 0.3 is 6.01 Å². The lowest BCUT2D eigenvalue weighted by molar-refractivity contribution is 0.380. The zero-order chi connectivity index (χ0) is 15.4. The van der Waals surface area contributed by atoms with Gasteiger partial charge < -0.3 is 25.3 Å². The lowest BCUT2D eigenvalue weighted by atomic mass is 10.2. The summed E-state index contributed by atoms with van der Waals surface area (Å²) in [7, 11) is 4.47. The molecule has 0 saturated heterocycles. The van der Waals surface area contributed by atoms with Crippen LogP contribution in [0.5, 0.6) is 17.5 Å². The third kappa shape index (κ3) is 3.34. The van der Waals surface area contributed by atoms with Gasteiger partial charge in [0, 0.05) is 12.1 Å². The fourth-order valence-electron chi connectivity index (χ4n) is 1.60. The summed E-state index contributed by atoms with van der Waals surface area (Å²) in [6, 6.07) is 3.38. The van der Waals surface area contributed by atoms with Crippen molar-refractivity contribution in [1.82, 2.24) is 15.0 Å². The van der Waals surface area contributed by atoms with E-state index in [4.69, 9.17) is 31.5 Å². The Labute approximate surface area is 126 Å². The molecule has 0 bridgehead atoms. The van der Waals surface area contributed by atoms with Crippen LogP contribution in [0.2, 0.25) is 5.02 Å². The first-order valence-corrected chi connectivity index (χ1v) is 6.19. The van der Waals surface area contributed by atoms with Gasteiger partial charge in [-0.3, -0.25) is 0 Å². The van der Waals surface area contributed by atoms with E-state index >= 15 is 0 Å². The third-order valence-electron chi connectivity index (χ3n) is 2.54. The van der Waals surface area contributed by atoms with Crippen LogP contribution >= 0.6 is 11.6 Å². The van der Waals surface area contributed by atoms with Crippen molar-refractivity contribution in [2.45, 2.75) is 0 Å². The van der Waals surface area contributed by atoms with E-state index in [2.05, 4.69) is 20.3 Å². The molecule has 0 aliphatic heterocycles. The fourth-order valence-corrected chi connectivity index (χ4v) is 1.83. The zero-order valence-electron chi connectivity index (χ0n) is 11.7. The number of nitrogens with one attached hydrogen (secondary N) is 1. The average Bonchev–Trinajstić information content (AvgIpc) is 2.47. The van der Waals surface area contributed by atoms with Crippen molar-refractivity contribution in [1.29, 1.82) is 0 Å². The molecular formula is C12H14ClN5O3. The van der Waals surface area contributed by atoms with Crippen LogP contribution in [0.15, 0.2) is 12.1 Å². The summed E-state index contributed by atoms with van der Waals surface area (Å²) in [5.74, 6) is 1.22. The van der Waals surface area contributed by atoms with Gasteiger partial charge in [-0.1, -0.05) is 11.6 Å². The summed E-state index contributed by atoms with van der Waals surface area (Å²) in [5.41, 5.74) is 6.14. The molecule has 1 aromatic heterocycles. The highest BCUT2D eigenvalue weighted by Crippen LogP contribution is 2.36. The summed E-state index contributed by atoms with van der Waals surface area (Å²) >= 11 is 6.04. The number of aromatic nitrogens is 3. The maximum absolute atomic E-state index is 6.04. The quantitative estimate of drug-likeness (QED) is 0.862. The second-order valence-corrected chi connectivity index (χ2v) is 4.22. The normalized spacial score (nSPS) is 10.1. The van der Waals surface area contributed by atoms with Crippen LogP contribution in [0.3, 0.4) is 0 Å². The Morgan fingerprint density at radius 1 is 1.00 bits per heavy atom. The summed E-state index contributed by atoms with van der Waals surface area (Å²) in [6.07, 6.45) is 0. The van der Waals surface area contributed by atoms with E-state index in [-0.39, 0.29) is 17.9 Å². The van der Waals surface area contributed by atoms with E-state index in [1.54, 1.807) is 12.1 Å². The van der Waals surface area contributed by atoms with Crippen LogP contribution < -0.4 is 25.3 Å². The van der Waals surface area contributed by atoms with Gasteiger partial charge in [-0.25, -0.2) is 0 Å². The van der Waals surface area contributed by atoms with Crippen molar-refractivity contribution in [2.24, 2.45) is 0 Å². The van der Waals surface area contributed by atoms with Crippen molar-refractivity contribution in [3.8, 4) is 17.5 Å². The molecule has 2 rings (SSSR count). The molecule has 0 fully saturated rings. The van der Waals surface area contributed by atoms with Crippen LogP contribution in [0.25, 0.3) is 0 Å². The number of nitrogens with two attached hydrogens (primary N) is 1. The second-order valence-electron chi connectivity index (χ2n) is 3.82. The predicted molar refractivity (Wildman–Crippen MR) is 78.6 cm³/mol. The lowest BCUT2D eigenvalue weighted by Crippen LogP contribution is -2.06. The van der Waals surface area contributed by atoms with Crippen LogP contribution in [0.1, 0.15) is 0 Å². The molecule has 1 aromatic carbocycles. The number of ether oxygens (including phenoxy) is 3. The lowest BCUT2D eigenvalue weighted by Gasteiger charge is -2.13. The van der Waals surface area contributed by atoms with Crippen LogP contribution in [-0.4, -0.2) is 36.3 Å². The highest BCUT2D eigenvalue weighted by molar-refractivity contribution is 6.32. The summed E-state index contributed by atoms with van der Waals surface area (Å²) in [5, 5.41) is 3.38. The smallest absolute Gasteiger partial charge is 0.322 e. The fraction of sp³-hybridized carbons (Fsp3) is 0.250. The minimum absolute atomic E-state index is 0.0317. The average molecular weight is 312 g/mol. The number of hydrogen-bond acceptors (Lipinski definition) is 8. The summed E-state index contributed by atoms with van der Waals surface area (Å²) in [4.78, 5) is 11.8. The molecule has 112 valence electrons. The maximum Gasteiger partial charge on any atom is 0.322 e. The van der Waals surface area contributed by atoms with Gasteiger partial charge in [-0.2, -0.15) is 15.0 Å². The van der Waals surface area contributed by atoms with E-state index in [0.717, 1.165) is 0 Å². The molecule has 0 unspecified atom stereocenters. The van der Waals surface area contributed by atoms with Gasteiger partial charge in [-0.15, -0.1) is 0 Å². The van der Waals surface area contributed by atoms with Crippen molar-refractivity contribution < 1.29 is 14.2 Å². The first-order valence-electron chi connectivity index (χ1n) is 5.81. The van der Waals surface area contributed by atoms with Gasteiger partial charge in [-0.05, 0) is 0 Å². The van der Waals surface area contributed by atoms with Gasteiger partial charge in [0.25, 0.3) is 0 Å². The minimum Gasteiger partial charge on any atom is -0.495 e. The highest BCUT2D eigenvalue weighted by atomic mass is 35.5. The highest BCUT2D eigenvalue weighted by Gasteiger charge is 2.12. The van der Waals surface area contributed by atoms with Gasteiger partial charge in [0.1, 0.15) is 11.5 Å². The van der Waals surface area contributed by atoms with E-state index < -0.39 is 0 Å². The number of nitrogen functional groups attached to an aromatic ring is 1.